The maximum atomic E-state index is 12.3. The number of anilines is 1. The van der Waals surface area contributed by atoms with Gasteiger partial charge in [0.15, 0.2) is 15.7 Å². The number of rotatable bonds is 9. The summed E-state index contributed by atoms with van der Waals surface area (Å²) in [5.41, 5.74) is 0.758. The van der Waals surface area contributed by atoms with Gasteiger partial charge in [-0.2, -0.15) is 5.10 Å². The molecule has 3 aromatic rings. The van der Waals surface area contributed by atoms with Crippen molar-refractivity contribution in [3.63, 3.8) is 0 Å². The van der Waals surface area contributed by atoms with Crippen molar-refractivity contribution in [2.24, 2.45) is 0 Å². The molecule has 2 N–H and O–H groups in total. The third kappa shape index (κ3) is 5.28. The Hall–Kier alpha value is -2.20. The Kier molecular flexibility index (Phi) is 7.65. The van der Waals surface area contributed by atoms with Gasteiger partial charge in [-0.05, 0) is 37.7 Å². The van der Waals surface area contributed by atoms with Gasteiger partial charge in [-0.3, -0.25) is 14.5 Å². The first-order chi connectivity index (χ1) is 14.4. The van der Waals surface area contributed by atoms with Crippen LogP contribution in [0, 0.1) is 11.7 Å². The van der Waals surface area contributed by atoms with Crippen LogP contribution >= 0.6 is 46.8 Å². The molecule has 2 heterocycles. The Morgan fingerprint density at radius 1 is 1.47 bits per heavy atom. The normalized spacial score (nSPS) is 10.8. The van der Waals surface area contributed by atoms with E-state index in [9.17, 15) is 4.79 Å². The largest absolute Gasteiger partial charge is 0.492 e. The second kappa shape index (κ2) is 10.2. The molecule has 2 aromatic heterocycles. The zero-order chi connectivity index (χ0) is 21.7. The number of ether oxygens (including phenoxy) is 1. The van der Waals surface area contributed by atoms with E-state index in [1.807, 2.05) is 11.5 Å². The van der Waals surface area contributed by atoms with E-state index in [1.54, 1.807) is 24.3 Å². The van der Waals surface area contributed by atoms with Crippen LogP contribution in [-0.4, -0.2) is 32.3 Å². The summed E-state index contributed by atoms with van der Waals surface area (Å²) < 4.78 is 7.92. The van der Waals surface area contributed by atoms with Gasteiger partial charge >= 0.3 is 0 Å². The van der Waals surface area contributed by atoms with Crippen molar-refractivity contribution in [2.75, 3.05) is 11.9 Å². The van der Waals surface area contributed by atoms with Crippen LogP contribution in [0.3, 0.4) is 0 Å². The molecule has 0 aliphatic carbocycles. The highest BCUT2D eigenvalue weighted by molar-refractivity contribution is 7.71. The number of aromatic nitrogens is 4. The molecule has 7 nitrogen and oxygen atoms in total. The van der Waals surface area contributed by atoms with Crippen LogP contribution in [0.25, 0.3) is 10.7 Å². The Morgan fingerprint density at radius 2 is 2.27 bits per heavy atom. The van der Waals surface area contributed by atoms with Crippen LogP contribution in [0.15, 0.2) is 30.9 Å². The van der Waals surface area contributed by atoms with E-state index in [2.05, 4.69) is 27.1 Å². The van der Waals surface area contributed by atoms with Gasteiger partial charge in [0.25, 0.3) is 0 Å². The predicted octanol–water partition coefficient (Wildman–Crippen LogP) is 5.66. The molecule has 0 bridgehead atoms. The highest BCUT2D eigenvalue weighted by Gasteiger charge is 2.17. The molecule has 158 valence electrons. The maximum absolute atomic E-state index is 12.3. The molecule has 30 heavy (non-hydrogen) atoms. The molecule has 0 radical (unpaired) electrons. The summed E-state index contributed by atoms with van der Waals surface area (Å²) in [6.45, 7) is 6.47. The van der Waals surface area contributed by atoms with Crippen LogP contribution in [0.1, 0.15) is 18.5 Å². The lowest BCUT2D eigenvalue weighted by Crippen LogP contribution is -2.12. The highest BCUT2D eigenvalue weighted by atomic mass is 35.5. The van der Waals surface area contributed by atoms with Crippen molar-refractivity contribution in [1.29, 1.82) is 0 Å². The SMILES string of the molecule is C=CCn1c(-c2sc(NC(=O)CCCOc3cccc(Cl)c3Cl)nc2C)n[nH]c1=S. The Balaban J connectivity index is 1.56. The topological polar surface area (TPSA) is 84.8 Å². The van der Waals surface area contributed by atoms with Crippen molar-refractivity contribution in [2.45, 2.75) is 26.3 Å². The number of thiazole rings is 1. The fraction of sp³-hybridized carbons (Fsp3) is 0.263. The van der Waals surface area contributed by atoms with Crippen molar-refractivity contribution >= 4 is 57.8 Å². The summed E-state index contributed by atoms with van der Waals surface area (Å²) in [5.74, 6) is 1.01. The molecule has 0 saturated carbocycles. The van der Waals surface area contributed by atoms with Crippen molar-refractivity contribution < 1.29 is 9.53 Å². The van der Waals surface area contributed by atoms with Gasteiger partial charge in [-0.25, -0.2) is 4.98 Å². The minimum absolute atomic E-state index is 0.152. The Labute approximate surface area is 192 Å². The molecular weight excluding hydrogens is 465 g/mol. The number of nitrogens with zero attached hydrogens (tertiary/aromatic N) is 3. The quantitative estimate of drug-likeness (QED) is 0.233. The molecule has 0 aliphatic heterocycles. The fourth-order valence-electron chi connectivity index (χ4n) is 2.64. The van der Waals surface area contributed by atoms with Gasteiger partial charge in [0, 0.05) is 13.0 Å². The number of carbonyl (C=O) groups excluding carboxylic acids is 1. The molecule has 3 rings (SSSR count). The summed E-state index contributed by atoms with van der Waals surface area (Å²) in [6.07, 6.45) is 2.54. The lowest BCUT2D eigenvalue weighted by molar-refractivity contribution is -0.116. The maximum Gasteiger partial charge on any atom is 0.226 e. The third-order valence-electron chi connectivity index (χ3n) is 4.04. The first kappa shape index (κ1) is 22.5. The van der Waals surface area contributed by atoms with Gasteiger partial charge < -0.3 is 10.1 Å². The Morgan fingerprint density at radius 3 is 3.03 bits per heavy atom. The number of amides is 1. The first-order valence-corrected chi connectivity index (χ1v) is 11.0. The van der Waals surface area contributed by atoms with E-state index in [4.69, 9.17) is 40.2 Å². The number of aryl methyl sites for hydroxylation is 1. The molecule has 0 saturated heterocycles. The van der Waals surface area contributed by atoms with E-state index in [0.29, 0.717) is 51.1 Å². The molecule has 0 fully saturated rings. The van der Waals surface area contributed by atoms with Crippen LogP contribution in [-0.2, 0) is 11.3 Å². The molecule has 11 heteroatoms. The number of carbonyl (C=O) groups is 1. The average Bonchev–Trinajstić information content (AvgIpc) is 3.24. The van der Waals surface area contributed by atoms with Crippen molar-refractivity contribution in [3.05, 3.63) is 51.4 Å². The first-order valence-electron chi connectivity index (χ1n) is 9.01. The van der Waals surface area contributed by atoms with E-state index in [0.717, 1.165) is 10.6 Å². The van der Waals surface area contributed by atoms with Gasteiger partial charge in [-0.15, -0.1) is 6.58 Å². The number of hydrogen-bond donors (Lipinski definition) is 2. The van der Waals surface area contributed by atoms with Crippen LogP contribution in [0.4, 0.5) is 5.13 Å². The third-order valence-corrected chi connectivity index (χ3v) is 6.22. The van der Waals surface area contributed by atoms with Crippen molar-refractivity contribution in [3.8, 4) is 16.5 Å². The van der Waals surface area contributed by atoms with Crippen LogP contribution < -0.4 is 10.1 Å². The van der Waals surface area contributed by atoms with Crippen LogP contribution in [0.2, 0.25) is 10.0 Å². The minimum Gasteiger partial charge on any atom is -0.492 e. The van der Waals surface area contributed by atoms with Crippen molar-refractivity contribution in [1.82, 2.24) is 19.7 Å². The number of halogens is 2. The van der Waals surface area contributed by atoms with Gasteiger partial charge in [0.1, 0.15) is 10.8 Å². The number of benzene rings is 1. The summed E-state index contributed by atoms with van der Waals surface area (Å²) in [5, 5.41) is 11.2. The zero-order valence-corrected chi connectivity index (χ0v) is 19.2. The van der Waals surface area contributed by atoms with E-state index < -0.39 is 0 Å². The summed E-state index contributed by atoms with van der Waals surface area (Å²) in [7, 11) is 0. The molecule has 1 amide bonds. The molecule has 0 aliphatic rings. The number of allylic oxidation sites excluding steroid dienone is 1. The average molecular weight is 484 g/mol. The Bertz CT molecular complexity index is 1120. The lowest BCUT2D eigenvalue weighted by atomic mass is 10.3. The van der Waals surface area contributed by atoms with Gasteiger partial charge in [-0.1, -0.05) is 46.7 Å². The summed E-state index contributed by atoms with van der Waals surface area (Å²) >= 11 is 18.6. The minimum atomic E-state index is -0.152. The van der Waals surface area contributed by atoms with E-state index in [1.165, 1.54) is 11.3 Å². The molecular formula is C19H19Cl2N5O2S2. The predicted molar refractivity (Wildman–Crippen MR) is 123 cm³/mol. The standard InChI is InChI=1S/C19H19Cl2N5O2S2/c1-3-9-26-17(24-25-19(26)29)16-11(2)22-18(30-16)23-14(27)8-5-10-28-13-7-4-6-12(20)15(13)21/h3-4,6-7H,1,5,8-10H2,2H3,(H,25,29)(H,22,23,27). The molecule has 0 unspecified atom stereocenters. The molecule has 1 aromatic carbocycles. The fourth-order valence-corrected chi connectivity index (χ4v) is 4.17. The number of aromatic amines is 1. The summed E-state index contributed by atoms with van der Waals surface area (Å²) in [6, 6.07) is 5.17. The van der Waals surface area contributed by atoms with E-state index in [-0.39, 0.29) is 12.3 Å². The summed E-state index contributed by atoms with van der Waals surface area (Å²) in [4.78, 5) is 17.5. The monoisotopic (exact) mass is 483 g/mol. The number of hydrogen-bond acceptors (Lipinski definition) is 6. The lowest BCUT2D eigenvalue weighted by Gasteiger charge is -2.08. The number of nitrogens with one attached hydrogen (secondary N) is 2. The highest BCUT2D eigenvalue weighted by Crippen LogP contribution is 2.32. The molecule has 0 spiro atoms. The van der Waals surface area contributed by atoms with Crippen LogP contribution in [0.5, 0.6) is 5.75 Å². The van der Waals surface area contributed by atoms with Gasteiger partial charge in [0.2, 0.25) is 5.91 Å². The zero-order valence-electron chi connectivity index (χ0n) is 16.1. The van der Waals surface area contributed by atoms with E-state index >= 15 is 0 Å². The second-order valence-corrected chi connectivity index (χ2v) is 8.41. The van der Waals surface area contributed by atoms with Gasteiger partial charge in [0.05, 0.1) is 22.2 Å². The second-order valence-electron chi connectivity index (χ2n) is 6.24. The molecule has 0 atom stereocenters. The smallest absolute Gasteiger partial charge is 0.226 e. The number of H-pyrrole nitrogens is 1.